The molecule has 2 aliphatic rings. The highest BCUT2D eigenvalue weighted by Crippen LogP contribution is 2.39. The first-order valence-electron chi connectivity index (χ1n) is 13.9. The van der Waals surface area contributed by atoms with E-state index in [1.54, 1.807) is 24.3 Å². The minimum absolute atomic E-state index is 0.0333. The Balaban J connectivity index is 1.38. The van der Waals surface area contributed by atoms with Gasteiger partial charge in [-0.1, -0.05) is 56.7 Å². The molecule has 4 rings (SSSR count). The van der Waals surface area contributed by atoms with E-state index >= 15 is 0 Å². The highest BCUT2D eigenvalue weighted by atomic mass is 19.2. The van der Waals surface area contributed by atoms with Gasteiger partial charge in [0.15, 0.2) is 23.3 Å². The van der Waals surface area contributed by atoms with Crippen molar-refractivity contribution < 1.29 is 17.6 Å². The van der Waals surface area contributed by atoms with Crippen LogP contribution in [0.3, 0.4) is 0 Å². The van der Waals surface area contributed by atoms with Crippen molar-refractivity contribution in [3.8, 4) is 11.8 Å². The van der Waals surface area contributed by atoms with Gasteiger partial charge in [0, 0.05) is 5.92 Å². The van der Waals surface area contributed by atoms with E-state index in [9.17, 15) is 17.6 Å². The maximum absolute atomic E-state index is 14.9. The molecule has 0 aliphatic heterocycles. The molecular formula is C32H38F4. The smallest absolute Gasteiger partial charge is 0.174 e. The Hall–Kier alpha value is -2.28. The Morgan fingerprint density at radius 1 is 0.694 bits per heavy atom. The fraction of sp³-hybridized carbons (Fsp3) is 0.562. The number of rotatable bonds is 6. The van der Waals surface area contributed by atoms with Crippen LogP contribution in [0, 0.1) is 46.9 Å². The molecule has 0 spiro atoms. The minimum atomic E-state index is -0.841. The van der Waals surface area contributed by atoms with Crippen LogP contribution < -0.4 is 0 Å². The van der Waals surface area contributed by atoms with Gasteiger partial charge in [0.05, 0.1) is 5.56 Å². The molecule has 0 heterocycles. The standard InChI is InChI=1S/C32H38F4/c1-3-5-6-25-17-19-27(31(35)29(25)33)24-14-9-22(10-15-24)11-16-26-18-20-28(32(36)30(26)34)23-12-7-21(4-2)8-13-23/h17-24H,3-10,12-15H2,1-2H3. The molecule has 2 fully saturated rings. The molecule has 0 N–H and O–H groups in total. The number of hydrogen-bond donors (Lipinski definition) is 0. The van der Waals surface area contributed by atoms with Crippen molar-refractivity contribution in [3.63, 3.8) is 0 Å². The number of unbranched alkanes of at least 4 members (excludes halogenated alkanes) is 1. The number of aryl methyl sites for hydroxylation is 1. The lowest BCUT2D eigenvalue weighted by molar-refractivity contribution is 0.312. The Kier molecular flexibility index (Phi) is 9.15. The van der Waals surface area contributed by atoms with Crippen molar-refractivity contribution in [1.29, 1.82) is 0 Å². The molecule has 2 saturated carbocycles. The topological polar surface area (TPSA) is 0 Å². The number of benzene rings is 2. The van der Waals surface area contributed by atoms with Crippen molar-refractivity contribution in [2.45, 2.75) is 103 Å². The van der Waals surface area contributed by atoms with Gasteiger partial charge >= 0.3 is 0 Å². The van der Waals surface area contributed by atoms with Crippen molar-refractivity contribution in [2.75, 3.05) is 0 Å². The first kappa shape index (κ1) is 26.8. The van der Waals surface area contributed by atoms with Crippen LogP contribution in [-0.4, -0.2) is 0 Å². The van der Waals surface area contributed by atoms with Crippen molar-refractivity contribution >= 4 is 0 Å². The summed E-state index contributed by atoms with van der Waals surface area (Å²) in [5.74, 6) is 3.80. The van der Waals surface area contributed by atoms with Gasteiger partial charge in [-0.05, 0) is 105 Å². The van der Waals surface area contributed by atoms with Crippen LogP contribution in [0.2, 0.25) is 0 Å². The summed E-state index contributed by atoms with van der Waals surface area (Å²) in [7, 11) is 0. The molecule has 194 valence electrons. The minimum Gasteiger partial charge on any atom is -0.203 e. The lowest BCUT2D eigenvalue weighted by atomic mass is 9.77. The van der Waals surface area contributed by atoms with Crippen LogP contribution in [0.15, 0.2) is 24.3 Å². The Morgan fingerprint density at radius 3 is 1.89 bits per heavy atom. The van der Waals surface area contributed by atoms with E-state index in [-0.39, 0.29) is 23.3 Å². The predicted octanol–water partition coefficient (Wildman–Crippen LogP) is 9.59. The van der Waals surface area contributed by atoms with E-state index in [0.717, 1.165) is 57.8 Å². The Labute approximate surface area is 213 Å². The second-order valence-electron chi connectivity index (χ2n) is 10.8. The van der Waals surface area contributed by atoms with Gasteiger partial charge in [-0.3, -0.25) is 0 Å². The highest BCUT2D eigenvalue weighted by Gasteiger charge is 2.27. The number of hydrogen-bond acceptors (Lipinski definition) is 0. The molecule has 0 amide bonds. The third kappa shape index (κ3) is 5.99. The second kappa shape index (κ2) is 12.3. The zero-order chi connectivity index (χ0) is 25.7. The zero-order valence-corrected chi connectivity index (χ0v) is 21.6. The van der Waals surface area contributed by atoms with Crippen LogP contribution in [0.25, 0.3) is 0 Å². The van der Waals surface area contributed by atoms with Gasteiger partial charge in [-0.15, -0.1) is 0 Å². The highest BCUT2D eigenvalue weighted by molar-refractivity contribution is 5.40. The molecule has 2 aliphatic carbocycles. The molecule has 2 aromatic carbocycles. The van der Waals surface area contributed by atoms with Crippen LogP contribution in [0.4, 0.5) is 17.6 Å². The molecule has 0 aromatic heterocycles. The van der Waals surface area contributed by atoms with Gasteiger partial charge in [0.2, 0.25) is 0 Å². The predicted molar refractivity (Wildman–Crippen MR) is 138 cm³/mol. The first-order chi connectivity index (χ1) is 17.4. The average molecular weight is 499 g/mol. The van der Waals surface area contributed by atoms with Gasteiger partial charge in [-0.25, -0.2) is 17.6 Å². The quantitative estimate of drug-likeness (QED) is 0.275. The van der Waals surface area contributed by atoms with E-state index in [1.165, 1.54) is 0 Å². The van der Waals surface area contributed by atoms with Gasteiger partial charge in [0.25, 0.3) is 0 Å². The molecular weight excluding hydrogens is 460 g/mol. The summed E-state index contributed by atoms with van der Waals surface area (Å²) in [6.45, 7) is 4.22. The van der Waals surface area contributed by atoms with Gasteiger partial charge < -0.3 is 0 Å². The molecule has 36 heavy (non-hydrogen) atoms. The fourth-order valence-electron chi connectivity index (χ4n) is 6.07. The van der Waals surface area contributed by atoms with Gasteiger partial charge in [-0.2, -0.15) is 0 Å². The SMILES string of the molecule is CCCCc1ccc(C2CCC(C#Cc3ccc(C4CCC(CC)CC4)c(F)c3F)CC2)c(F)c1F. The monoisotopic (exact) mass is 498 g/mol. The lowest BCUT2D eigenvalue weighted by Crippen LogP contribution is -2.15. The van der Waals surface area contributed by atoms with Gasteiger partial charge in [0.1, 0.15) is 0 Å². The number of halogens is 4. The van der Waals surface area contributed by atoms with E-state index in [2.05, 4.69) is 18.8 Å². The summed E-state index contributed by atoms with van der Waals surface area (Å²) in [6, 6.07) is 6.81. The molecule has 0 unspecified atom stereocenters. The maximum Gasteiger partial charge on any atom is 0.174 e. The molecule has 0 radical (unpaired) electrons. The summed E-state index contributed by atoms with van der Waals surface area (Å²) in [5.41, 5.74) is 1.50. The van der Waals surface area contributed by atoms with Crippen LogP contribution in [0.5, 0.6) is 0 Å². The molecule has 4 heteroatoms. The zero-order valence-electron chi connectivity index (χ0n) is 21.6. The normalized spacial score (nSPS) is 24.3. The molecule has 0 bridgehead atoms. The molecule has 0 nitrogen and oxygen atoms in total. The third-order valence-electron chi connectivity index (χ3n) is 8.55. The lowest BCUT2D eigenvalue weighted by Gasteiger charge is -2.28. The van der Waals surface area contributed by atoms with Crippen LogP contribution in [-0.2, 0) is 6.42 Å². The van der Waals surface area contributed by atoms with E-state index < -0.39 is 23.3 Å². The van der Waals surface area contributed by atoms with Crippen molar-refractivity contribution in [3.05, 3.63) is 69.8 Å². The maximum atomic E-state index is 14.9. The van der Waals surface area contributed by atoms with Crippen LogP contribution >= 0.6 is 0 Å². The third-order valence-corrected chi connectivity index (χ3v) is 8.55. The molecule has 0 saturated heterocycles. The Bertz CT molecular complexity index is 1090. The van der Waals surface area contributed by atoms with Crippen molar-refractivity contribution in [1.82, 2.24) is 0 Å². The summed E-state index contributed by atoms with van der Waals surface area (Å²) in [4.78, 5) is 0. The van der Waals surface area contributed by atoms with E-state index in [4.69, 9.17) is 0 Å². The first-order valence-corrected chi connectivity index (χ1v) is 13.9. The summed E-state index contributed by atoms with van der Waals surface area (Å²) >= 11 is 0. The molecule has 0 atom stereocenters. The summed E-state index contributed by atoms with van der Waals surface area (Å²) < 4.78 is 59.0. The second-order valence-corrected chi connectivity index (χ2v) is 10.8. The summed E-state index contributed by atoms with van der Waals surface area (Å²) in [5, 5.41) is 0. The van der Waals surface area contributed by atoms with E-state index in [0.29, 0.717) is 41.9 Å². The van der Waals surface area contributed by atoms with Crippen LogP contribution in [0.1, 0.15) is 119 Å². The molecule has 2 aromatic rings. The largest absolute Gasteiger partial charge is 0.203 e. The Morgan fingerprint density at radius 2 is 1.28 bits per heavy atom. The van der Waals surface area contributed by atoms with E-state index in [1.807, 2.05) is 6.92 Å². The average Bonchev–Trinajstić information content (AvgIpc) is 2.91. The summed E-state index contributed by atoms with van der Waals surface area (Å²) in [6.07, 6.45) is 10.3. The fourth-order valence-corrected chi connectivity index (χ4v) is 6.07. The van der Waals surface area contributed by atoms with Crippen molar-refractivity contribution in [2.24, 2.45) is 11.8 Å².